The number of ether oxygens (including phenoxy) is 1. The van der Waals surface area contributed by atoms with Crippen molar-refractivity contribution in [2.75, 3.05) is 5.32 Å². The fourth-order valence-electron chi connectivity index (χ4n) is 2.34. The van der Waals surface area contributed by atoms with E-state index in [0.717, 1.165) is 5.56 Å². The number of carbonyl (C=O) groups excluding carboxylic acids is 1. The van der Waals surface area contributed by atoms with Crippen LogP contribution >= 0.6 is 0 Å². The van der Waals surface area contributed by atoms with Crippen molar-refractivity contribution >= 4 is 11.6 Å². The number of nitriles is 1. The topological polar surface area (TPSA) is 62.1 Å². The van der Waals surface area contributed by atoms with Crippen LogP contribution in [0, 0.1) is 11.3 Å². The Morgan fingerprint density at radius 2 is 1.76 bits per heavy atom. The van der Waals surface area contributed by atoms with Gasteiger partial charge in [-0.2, -0.15) is 5.26 Å². The minimum atomic E-state index is -0.266. The summed E-state index contributed by atoms with van der Waals surface area (Å²) in [6.07, 6.45) is 0. The highest BCUT2D eigenvalue weighted by Crippen LogP contribution is 2.19. The molecule has 1 amide bonds. The van der Waals surface area contributed by atoms with E-state index in [0.29, 0.717) is 29.2 Å². The van der Waals surface area contributed by atoms with Gasteiger partial charge in [0.15, 0.2) is 0 Å². The highest BCUT2D eigenvalue weighted by molar-refractivity contribution is 6.04. The molecule has 0 aromatic heterocycles. The Morgan fingerprint density at radius 3 is 2.56 bits per heavy atom. The zero-order chi connectivity index (χ0) is 17.5. The second-order valence-electron chi connectivity index (χ2n) is 5.45. The van der Waals surface area contributed by atoms with Gasteiger partial charge in [-0.1, -0.05) is 42.5 Å². The molecule has 0 unspecified atom stereocenters. The van der Waals surface area contributed by atoms with Gasteiger partial charge in [-0.15, -0.1) is 0 Å². The van der Waals surface area contributed by atoms with Gasteiger partial charge in [0.2, 0.25) is 0 Å². The van der Waals surface area contributed by atoms with Gasteiger partial charge in [-0.05, 0) is 35.9 Å². The minimum Gasteiger partial charge on any atom is -0.489 e. The fourth-order valence-corrected chi connectivity index (χ4v) is 2.34. The number of hydrogen-bond acceptors (Lipinski definition) is 3. The summed E-state index contributed by atoms with van der Waals surface area (Å²) in [5.41, 5.74) is 2.60. The van der Waals surface area contributed by atoms with Crippen LogP contribution in [0.4, 0.5) is 5.69 Å². The molecule has 3 aromatic rings. The second-order valence-corrected chi connectivity index (χ2v) is 5.45. The van der Waals surface area contributed by atoms with Gasteiger partial charge in [0.1, 0.15) is 12.4 Å². The average Bonchev–Trinajstić information content (AvgIpc) is 2.67. The van der Waals surface area contributed by atoms with Crippen LogP contribution in [0.25, 0.3) is 0 Å². The Balaban J connectivity index is 1.67. The molecule has 1 N–H and O–H groups in total. The van der Waals surface area contributed by atoms with Crippen molar-refractivity contribution in [3.05, 3.63) is 95.6 Å². The lowest BCUT2D eigenvalue weighted by atomic mass is 10.1. The molecule has 0 radical (unpaired) electrons. The van der Waals surface area contributed by atoms with Gasteiger partial charge in [0.25, 0.3) is 5.91 Å². The number of amides is 1. The van der Waals surface area contributed by atoms with Gasteiger partial charge in [0, 0.05) is 17.3 Å². The number of nitrogens with one attached hydrogen (secondary N) is 1. The van der Waals surface area contributed by atoms with E-state index in [1.54, 1.807) is 36.4 Å². The monoisotopic (exact) mass is 328 g/mol. The molecule has 0 heterocycles. The molecule has 0 bridgehead atoms. The molecule has 0 fully saturated rings. The van der Waals surface area contributed by atoms with Crippen LogP contribution < -0.4 is 10.1 Å². The van der Waals surface area contributed by atoms with Crippen molar-refractivity contribution in [1.29, 1.82) is 5.26 Å². The molecule has 4 nitrogen and oxygen atoms in total. The molecule has 0 aliphatic carbocycles. The number of anilines is 1. The molecule has 0 spiro atoms. The molecule has 3 aromatic carbocycles. The Morgan fingerprint density at radius 1 is 0.960 bits per heavy atom. The maximum atomic E-state index is 12.3. The van der Waals surface area contributed by atoms with Gasteiger partial charge < -0.3 is 10.1 Å². The summed E-state index contributed by atoms with van der Waals surface area (Å²) in [6.45, 7) is 0.461. The maximum Gasteiger partial charge on any atom is 0.255 e. The molecule has 3 rings (SSSR count). The van der Waals surface area contributed by atoms with Crippen LogP contribution in [-0.2, 0) is 6.61 Å². The number of rotatable bonds is 5. The van der Waals surface area contributed by atoms with E-state index < -0.39 is 0 Å². The fraction of sp³-hybridized carbons (Fsp3) is 0.0476. The zero-order valence-corrected chi connectivity index (χ0v) is 13.5. The minimum absolute atomic E-state index is 0.266. The van der Waals surface area contributed by atoms with E-state index in [9.17, 15) is 4.79 Å². The molecule has 4 heteroatoms. The maximum absolute atomic E-state index is 12.3. The molecular weight excluding hydrogens is 312 g/mol. The smallest absolute Gasteiger partial charge is 0.255 e. The highest BCUT2D eigenvalue weighted by Gasteiger charge is 2.07. The first kappa shape index (κ1) is 16.3. The third-order valence-corrected chi connectivity index (χ3v) is 3.59. The molecule has 25 heavy (non-hydrogen) atoms. The SMILES string of the molecule is N#Cc1cccc(C(=O)Nc2cccc(OCc3ccccc3)c2)c1. The molecule has 0 atom stereocenters. The van der Waals surface area contributed by atoms with E-state index in [1.165, 1.54) is 0 Å². The summed E-state index contributed by atoms with van der Waals surface area (Å²) in [6, 6.07) is 25.7. The molecule has 0 saturated carbocycles. The summed E-state index contributed by atoms with van der Waals surface area (Å²) in [5.74, 6) is 0.407. The predicted octanol–water partition coefficient (Wildman–Crippen LogP) is 4.39. The summed E-state index contributed by atoms with van der Waals surface area (Å²) < 4.78 is 5.76. The lowest BCUT2D eigenvalue weighted by Crippen LogP contribution is -2.12. The predicted molar refractivity (Wildman–Crippen MR) is 96.3 cm³/mol. The second kappa shape index (κ2) is 7.80. The van der Waals surface area contributed by atoms with Crippen LogP contribution in [0.3, 0.4) is 0 Å². The Labute approximate surface area is 146 Å². The summed E-state index contributed by atoms with van der Waals surface area (Å²) in [4.78, 5) is 12.3. The number of benzene rings is 3. The van der Waals surface area contributed by atoms with Gasteiger partial charge in [0.05, 0.1) is 11.6 Å². The van der Waals surface area contributed by atoms with E-state index in [1.807, 2.05) is 48.5 Å². The number of hydrogen-bond donors (Lipinski definition) is 1. The zero-order valence-electron chi connectivity index (χ0n) is 13.5. The first-order valence-corrected chi connectivity index (χ1v) is 7.83. The van der Waals surface area contributed by atoms with Crippen molar-refractivity contribution in [1.82, 2.24) is 0 Å². The quantitative estimate of drug-likeness (QED) is 0.755. The lowest BCUT2D eigenvalue weighted by molar-refractivity contribution is 0.102. The molecule has 122 valence electrons. The van der Waals surface area contributed by atoms with Gasteiger partial charge in [-0.3, -0.25) is 4.79 Å². The molecule has 0 aliphatic rings. The van der Waals surface area contributed by atoms with Crippen LogP contribution in [0.5, 0.6) is 5.75 Å². The third-order valence-electron chi connectivity index (χ3n) is 3.59. The average molecular weight is 328 g/mol. The first-order valence-electron chi connectivity index (χ1n) is 7.83. The van der Waals surface area contributed by atoms with Gasteiger partial charge in [-0.25, -0.2) is 0 Å². The van der Waals surface area contributed by atoms with Crippen molar-refractivity contribution < 1.29 is 9.53 Å². The third kappa shape index (κ3) is 4.46. The highest BCUT2D eigenvalue weighted by atomic mass is 16.5. The van der Waals surface area contributed by atoms with Crippen molar-refractivity contribution in [2.45, 2.75) is 6.61 Å². The lowest BCUT2D eigenvalue weighted by Gasteiger charge is -2.09. The largest absolute Gasteiger partial charge is 0.489 e. The van der Waals surface area contributed by atoms with Crippen LogP contribution in [0.15, 0.2) is 78.9 Å². The number of carbonyl (C=O) groups is 1. The van der Waals surface area contributed by atoms with E-state index in [2.05, 4.69) is 5.32 Å². The number of nitrogens with zero attached hydrogens (tertiary/aromatic N) is 1. The van der Waals surface area contributed by atoms with E-state index >= 15 is 0 Å². The summed E-state index contributed by atoms with van der Waals surface area (Å²) in [7, 11) is 0. The van der Waals surface area contributed by atoms with Crippen molar-refractivity contribution in [2.24, 2.45) is 0 Å². The standard InChI is InChI=1S/C21H16N2O2/c22-14-17-8-4-9-18(12-17)21(24)23-19-10-5-11-20(13-19)25-15-16-6-2-1-3-7-16/h1-13H,15H2,(H,23,24). The van der Waals surface area contributed by atoms with Gasteiger partial charge >= 0.3 is 0 Å². The Hall–Kier alpha value is -3.58. The van der Waals surface area contributed by atoms with Crippen LogP contribution in [0.2, 0.25) is 0 Å². The van der Waals surface area contributed by atoms with Crippen LogP contribution in [0.1, 0.15) is 21.5 Å². The first-order chi connectivity index (χ1) is 12.2. The summed E-state index contributed by atoms with van der Waals surface area (Å²) in [5, 5.41) is 11.7. The van der Waals surface area contributed by atoms with E-state index in [4.69, 9.17) is 10.00 Å². The molecule has 0 aliphatic heterocycles. The summed E-state index contributed by atoms with van der Waals surface area (Å²) >= 11 is 0. The van der Waals surface area contributed by atoms with Crippen molar-refractivity contribution in [3.63, 3.8) is 0 Å². The molecular formula is C21H16N2O2. The molecule has 0 saturated heterocycles. The van der Waals surface area contributed by atoms with Crippen LogP contribution in [-0.4, -0.2) is 5.91 Å². The Kier molecular flexibility index (Phi) is 5.08. The Bertz CT molecular complexity index is 914. The van der Waals surface area contributed by atoms with Crippen molar-refractivity contribution in [3.8, 4) is 11.8 Å². The van der Waals surface area contributed by atoms with E-state index in [-0.39, 0.29) is 5.91 Å². The normalized spacial score (nSPS) is 9.88.